The summed E-state index contributed by atoms with van der Waals surface area (Å²) in [5, 5.41) is 4.31. The highest BCUT2D eigenvalue weighted by molar-refractivity contribution is 5.89. The van der Waals surface area contributed by atoms with Crippen molar-refractivity contribution in [2.75, 3.05) is 10.6 Å². The van der Waals surface area contributed by atoms with Gasteiger partial charge in [0.1, 0.15) is 12.2 Å². The highest BCUT2D eigenvalue weighted by Crippen LogP contribution is 2.36. The van der Waals surface area contributed by atoms with E-state index in [-0.39, 0.29) is 12.3 Å². The number of nitrogens with one attached hydrogen (secondary N) is 2. The summed E-state index contributed by atoms with van der Waals surface area (Å²) in [4.78, 5) is 23.7. The van der Waals surface area contributed by atoms with Crippen LogP contribution in [-0.4, -0.2) is 17.8 Å². The van der Waals surface area contributed by atoms with Crippen LogP contribution in [0, 0.1) is 0 Å². The minimum atomic E-state index is -4.77. The molecule has 0 aromatic heterocycles. The van der Waals surface area contributed by atoms with Crippen LogP contribution in [0.4, 0.5) is 34.1 Å². The molecule has 29 heavy (non-hydrogen) atoms. The zero-order chi connectivity index (χ0) is 21.7. The van der Waals surface area contributed by atoms with Crippen molar-refractivity contribution in [1.82, 2.24) is 0 Å². The van der Waals surface area contributed by atoms with Gasteiger partial charge < -0.3 is 9.47 Å². The molecule has 9 heteroatoms. The quantitative estimate of drug-likeness (QED) is 0.668. The zero-order valence-corrected chi connectivity index (χ0v) is 16.1. The Morgan fingerprint density at radius 1 is 0.931 bits per heavy atom. The number of anilines is 2. The first-order valence-electron chi connectivity index (χ1n) is 8.63. The van der Waals surface area contributed by atoms with E-state index < -0.39 is 35.2 Å². The Morgan fingerprint density at radius 3 is 2.17 bits per heavy atom. The number of ether oxygens (including phenoxy) is 2. The van der Waals surface area contributed by atoms with Gasteiger partial charge in [-0.1, -0.05) is 30.3 Å². The second kappa shape index (κ2) is 8.85. The average molecular weight is 410 g/mol. The van der Waals surface area contributed by atoms with E-state index >= 15 is 0 Å². The number of alkyl halides is 3. The third-order valence-electron chi connectivity index (χ3n) is 3.42. The summed E-state index contributed by atoms with van der Waals surface area (Å²) in [6.07, 6.45) is -6.70. The van der Waals surface area contributed by atoms with Crippen LogP contribution in [0.1, 0.15) is 31.9 Å². The fraction of sp³-hybridized carbons (Fsp3) is 0.300. The van der Waals surface area contributed by atoms with Crippen LogP contribution in [0.15, 0.2) is 48.5 Å². The van der Waals surface area contributed by atoms with Gasteiger partial charge in [-0.2, -0.15) is 13.2 Å². The lowest BCUT2D eigenvalue weighted by atomic mass is 10.1. The summed E-state index contributed by atoms with van der Waals surface area (Å²) in [5.74, 6) is 0. The molecule has 2 aromatic carbocycles. The molecule has 0 saturated carbocycles. The topological polar surface area (TPSA) is 76.7 Å². The molecule has 0 bridgehead atoms. The predicted octanol–water partition coefficient (Wildman–Crippen LogP) is 5.80. The van der Waals surface area contributed by atoms with Crippen LogP contribution < -0.4 is 10.6 Å². The number of hydrogen-bond acceptors (Lipinski definition) is 4. The lowest BCUT2D eigenvalue weighted by Crippen LogP contribution is -2.27. The van der Waals surface area contributed by atoms with Crippen molar-refractivity contribution in [3.8, 4) is 0 Å². The van der Waals surface area contributed by atoms with E-state index in [0.717, 1.165) is 6.07 Å². The molecule has 0 radical (unpaired) electrons. The fourth-order valence-corrected chi connectivity index (χ4v) is 2.26. The summed E-state index contributed by atoms with van der Waals surface area (Å²) < 4.78 is 50.2. The minimum absolute atomic E-state index is 0.0910. The van der Waals surface area contributed by atoms with Crippen molar-refractivity contribution < 1.29 is 32.2 Å². The van der Waals surface area contributed by atoms with Crippen molar-refractivity contribution in [3.05, 3.63) is 59.7 Å². The van der Waals surface area contributed by atoms with E-state index in [9.17, 15) is 22.8 Å². The highest BCUT2D eigenvalue weighted by Gasteiger charge is 2.34. The summed E-state index contributed by atoms with van der Waals surface area (Å²) >= 11 is 0. The van der Waals surface area contributed by atoms with Gasteiger partial charge in [0.05, 0.1) is 11.3 Å². The normalized spacial score (nSPS) is 11.5. The Bertz CT molecular complexity index is 862. The maximum atomic E-state index is 13.4. The SMILES string of the molecule is CC(C)(C)OC(=O)Nc1ccc(NC(=O)OCc2ccccc2)c(C(F)(F)F)c1. The van der Waals surface area contributed by atoms with Gasteiger partial charge in [0.2, 0.25) is 0 Å². The lowest BCUT2D eigenvalue weighted by molar-refractivity contribution is -0.136. The summed E-state index contributed by atoms with van der Waals surface area (Å²) in [6.45, 7) is 4.79. The Hall–Kier alpha value is -3.23. The zero-order valence-electron chi connectivity index (χ0n) is 16.1. The third-order valence-corrected chi connectivity index (χ3v) is 3.42. The molecule has 0 spiro atoms. The largest absolute Gasteiger partial charge is 0.444 e. The molecule has 2 amide bonds. The van der Waals surface area contributed by atoms with Crippen molar-refractivity contribution in [1.29, 1.82) is 0 Å². The van der Waals surface area contributed by atoms with Crippen LogP contribution in [0.5, 0.6) is 0 Å². The number of halogens is 3. The van der Waals surface area contributed by atoms with Gasteiger partial charge >= 0.3 is 18.4 Å². The van der Waals surface area contributed by atoms with Crippen molar-refractivity contribution in [2.24, 2.45) is 0 Å². The average Bonchev–Trinajstić information content (AvgIpc) is 2.59. The monoisotopic (exact) mass is 410 g/mol. The lowest BCUT2D eigenvalue weighted by Gasteiger charge is -2.20. The molecule has 6 nitrogen and oxygen atoms in total. The van der Waals surface area contributed by atoms with E-state index in [1.54, 1.807) is 51.1 Å². The van der Waals surface area contributed by atoms with Gasteiger partial charge in [0, 0.05) is 5.69 Å². The van der Waals surface area contributed by atoms with Crippen LogP contribution in [0.2, 0.25) is 0 Å². The van der Waals surface area contributed by atoms with Crippen LogP contribution >= 0.6 is 0 Å². The minimum Gasteiger partial charge on any atom is -0.444 e. The molecular formula is C20H21F3N2O4. The number of benzene rings is 2. The Balaban J connectivity index is 2.10. The van der Waals surface area contributed by atoms with Crippen LogP contribution in [0.25, 0.3) is 0 Å². The second-order valence-electron chi connectivity index (χ2n) is 7.07. The van der Waals surface area contributed by atoms with Gasteiger partial charge in [-0.05, 0) is 44.5 Å². The highest BCUT2D eigenvalue weighted by atomic mass is 19.4. The van der Waals surface area contributed by atoms with Crippen molar-refractivity contribution in [3.63, 3.8) is 0 Å². The van der Waals surface area contributed by atoms with E-state index in [0.29, 0.717) is 11.6 Å². The first-order chi connectivity index (χ1) is 13.4. The molecule has 0 unspecified atom stereocenters. The van der Waals surface area contributed by atoms with Gasteiger partial charge in [-0.3, -0.25) is 10.6 Å². The first kappa shape index (κ1) is 22.1. The molecule has 156 valence electrons. The first-order valence-corrected chi connectivity index (χ1v) is 8.63. The summed E-state index contributed by atoms with van der Waals surface area (Å²) in [5.41, 5.74) is -1.88. The molecule has 0 saturated heterocycles. The van der Waals surface area contributed by atoms with E-state index in [4.69, 9.17) is 9.47 Å². The standard InChI is InChI=1S/C20H21F3N2O4/c1-19(2,3)29-18(27)24-14-9-10-16(15(11-14)20(21,22)23)25-17(26)28-12-13-7-5-4-6-8-13/h4-11H,12H2,1-3H3,(H,24,27)(H,25,26). The number of carbonyl (C=O) groups is 2. The summed E-state index contributed by atoms with van der Waals surface area (Å²) in [7, 11) is 0. The number of hydrogen-bond donors (Lipinski definition) is 2. The molecule has 0 heterocycles. The Kier molecular flexibility index (Phi) is 6.73. The molecule has 0 aliphatic carbocycles. The molecule has 0 atom stereocenters. The number of rotatable bonds is 4. The maximum absolute atomic E-state index is 13.4. The second-order valence-corrected chi connectivity index (χ2v) is 7.07. The fourth-order valence-electron chi connectivity index (χ4n) is 2.26. The van der Waals surface area contributed by atoms with Gasteiger partial charge in [0.15, 0.2) is 0 Å². The summed E-state index contributed by atoms with van der Waals surface area (Å²) in [6, 6.07) is 11.6. The Labute approximate surface area is 166 Å². The third kappa shape index (κ3) is 7.36. The smallest absolute Gasteiger partial charge is 0.418 e. The molecule has 0 aliphatic heterocycles. The maximum Gasteiger partial charge on any atom is 0.418 e. The van der Waals surface area contributed by atoms with Crippen LogP contribution in [0.3, 0.4) is 0 Å². The Morgan fingerprint density at radius 2 is 1.59 bits per heavy atom. The van der Waals surface area contributed by atoms with E-state index in [1.165, 1.54) is 6.07 Å². The molecule has 0 fully saturated rings. The van der Waals surface area contributed by atoms with Gasteiger partial charge in [-0.25, -0.2) is 9.59 Å². The molecule has 2 rings (SSSR count). The van der Waals surface area contributed by atoms with Gasteiger partial charge in [0.25, 0.3) is 0 Å². The van der Waals surface area contributed by atoms with Gasteiger partial charge in [-0.15, -0.1) is 0 Å². The van der Waals surface area contributed by atoms with E-state index in [1.807, 2.05) is 0 Å². The molecule has 2 N–H and O–H groups in total. The number of amides is 2. The van der Waals surface area contributed by atoms with E-state index in [2.05, 4.69) is 10.6 Å². The van der Waals surface area contributed by atoms with Crippen LogP contribution in [-0.2, 0) is 22.3 Å². The number of carbonyl (C=O) groups excluding carboxylic acids is 2. The predicted molar refractivity (Wildman–Crippen MR) is 102 cm³/mol. The van der Waals surface area contributed by atoms with Crippen molar-refractivity contribution >= 4 is 23.6 Å². The molecular weight excluding hydrogens is 389 g/mol. The molecule has 2 aromatic rings. The van der Waals surface area contributed by atoms with Crippen molar-refractivity contribution in [2.45, 2.75) is 39.2 Å². The molecule has 0 aliphatic rings.